The van der Waals surface area contributed by atoms with Gasteiger partial charge >= 0.3 is 5.97 Å². The molecule has 1 heterocycles. The van der Waals surface area contributed by atoms with Gasteiger partial charge in [0, 0.05) is 30.2 Å². The maximum atomic E-state index is 13.0. The lowest BCUT2D eigenvalue weighted by atomic mass is 9.59. The normalized spacial score (nSPS) is 17.8. The van der Waals surface area contributed by atoms with Gasteiger partial charge in [0.1, 0.15) is 0 Å². The number of benzene rings is 2. The van der Waals surface area contributed by atoms with Gasteiger partial charge in [0.2, 0.25) is 0 Å². The van der Waals surface area contributed by atoms with Crippen LogP contribution >= 0.6 is 23.2 Å². The molecule has 39 heavy (non-hydrogen) atoms. The van der Waals surface area contributed by atoms with E-state index in [9.17, 15) is 14.4 Å². The summed E-state index contributed by atoms with van der Waals surface area (Å²) in [6.07, 6.45) is 3.52. The van der Waals surface area contributed by atoms with Crippen LogP contribution in [0, 0.1) is 11.3 Å². The molecule has 1 N–H and O–H groups in total. The number of aliphatic imine (C=N–C) groups is 1. The largest absolute Gasteiger partial charge is 0.464 e. The van der Waals surface area contributed by atoms with Crippen LogP contribution in [0.15, 0.2) is 72.0 Å². The second-order valence-electron chi connectivity index (χ2n) is 9.85. The summed E-state index contributed by atoms with van der Waals surface area (Å²) in [6, 6.07) is 16.0. The van der Waals surface area contributed by atoms with Crippen LogP contribution in [0.2, 0.25) is 10.0 Å². The summed E-state index contributed by atoms with van der Waals surface area (Å²) in [7, 11) is 0. The molecule has 1 aliphatic carbocycles. The zero-order valence-corrected chi connectivity index (χ0v) is 23.4. The highest BCUT2D eigenvalue weighted by Gasteiger charge is 2.53. The van der Waals surface area contributed by atoms with Crippen molar-refractivity contribution < 1.29 is 19.1 Å². The molecule has 0 radical (unpaired) electrons. The van der Waals surface area contributed by atoms with E-state index in [2.05, 4.69) is 10.3 Å². The molecule has 0 aliphatic heterocycles. The Balaban J connectivity index is 1.53. The quantitative estimate of drug-likeness (QED) is 0.320. The van der Waals surface area contributed by atoms with Gasteiger partial charge in [-0.15, -0.1) is 0 Å². The van der Waals surface area contributed by atoms with E-state index in [0.717, 1.165) is 11.1 Å². The van der Waals surface area contributed by atoms with Crippen LogP contribution in [0.25, 0.3) is 0 Å². The van der Waals surface area contributed by atoms with Crippen molar-refractivity contribution in [1.29, 1.82) is 0 Å². The molecule has 0 saturated heterocycles. The van der Waals surface area contributed by atoms with E-state index in [4.69, 9.17) is 32.9 Å². The summed E-state index contributed by atoms with van der Waals surface area (Å²) in [5.74, 6) is -1.17. The third-order valence-corrected chi connectivity index (χ3v) is 7.33. The molecule has 4 rings (SSSR count). The van der Waals surface area contributed by atoms with Crippen molar-refractivity contribution in [2.24, 2.45) is 16.3 Å². The first-order valence-corrected chi connectivity index (χ1v) is 13.4. The van der Waals surface area contributed by atoms with Gasteiger partial charge in [-0.25, -0.2) is 4.79 Å². The van der Waals surface area contributed by atoms with Gasteiger partial charge in [-0.2, -0.15) is 0 Å². The fourth-order valence-corrected chi connectivity index (χ4v) is 5.23. The predicted molar refractivity (Wildman–Crippen MR) is 153 cm³/mol. The first-order valence-electron chi connectivity index (χ1n) is 12.6. The first-order chi connectivity index (χ1) is 18.6. The van der Waals surface area contributed by atoms with Crippen LogP contribution < -0.4 is 5.32 Å². The van der Waals surface area contributed by atoms with E-state index in [0.29, 0.717) is 17.8 Å². The fraction of sp³-hybridized carbons (Fsp3) is 0.300. The Morgan fingerprint density at radius 1 is 1.03 bits per heavy atom. The number of ketones is 1. The predicted octanol–water partition coefficient (Wildman–Crippen LogP) is 6.02. The third kappa shape index (κ3) is 6.37. The number of carbonyl (C=O) groups excluding carboxylic acids is 3. The molecule has 2 aromatic carbocycles. The smallest absolute Gasteiger partial charge is 0.331 e. The number of amides is 1. The molecule has 202 valence electrons. The van der Waals surface area contributed by atoms with Gasteiger partial charge in [-0.1, -0.05) is 65.7 Å². The fourth-order valence-electron chi connectivity index (χ4n) is 4.69. The van der Waals surface area contributed by atoms with Crippen LogP contribution in [0.5, 0.6) is 0 Å². The van der Waals surface area contributed by atoms with Crippen molar-refractivity contribution in [2.75, 3.05) is 11.9 Å². The standard InChI is InChI=1S/C30H29Cl2N3O4/c1-4-39-29(38)24(35-26-21(27(36)30(26,2)3)14-18-8-6-5-7-9-18)15-19-10-12-20(13-11-19)34-28(37)25-22(31)16-33-17-23(25)32/h5-13,16-17,21,24H,4,14-15H2,1-3H3,(H,34,37)/t21?,24-/m0/s1. The summed E-state index contributed by atoms with van der Waals surface area (Å²) in [5.41, 5.74) is 2.49. The molecule has 7 nitrogen and oxygen atoms in total. The Morgan fingerprint density at radius 2 is 1.67 bits per heavy atom. The molecule has 1 amide bonds. The molecule has 1 saturated carbocycles. The number of esters is 1. The molecule has 1 aromatic heterocycles. The lowest BCUT2D eigenvalue weighted by Gasteiger charge is -2.43. The van der Waals surface area contributed by atoms with E-state index in [1.54, 1.807) is 31.2 Å². The number of nitrogens with zero attached hydrogens (tertiary/aromatic N) is 2. The van der Waals surface area contributed by atoms with Gasteiger partial charge in [0.05, 0.1) is 33.5 Å². The second kappa shape index (κ2) is 12.1. The summed E-state index contributed by atoms with van der Waals surface area (Å²) < 4.78 is 5.32. The lowest BCUT2D eigenvalue weighted by molar-refractivity contribution is -0.144. The molecule has 0 spiro atoms. The van der Waals surface area contributed by atoms with Gasteiger partial charge < -0.3 is 10.1 Å². The van der Waals surface area contributed by atoms with Crippen molar-refractivity contribution in [3.05, 3.63) is 93.7 Å². The summed E-state index contributed by atoms with van der Waals surface area (Å²) in [4.78, 5) is 47.2. The van der Waals surface area contributed by atoms with E-state index in [1.807, 2.05) is 44.2 Å². The van der Waals surface area contributed by atoms with Gasteiger partial charge in [-0.05, 0) is 50.5 Å². The Bertz CT molecular complexity index is 1390. The minimum atomic E-state index is -0.805. The second-order valence-corrected chi connectivity index (χ2v) is 10.7. The number of aromatic nitrogens is 1. The first kappa shape index (κ1) is 28.5. The van der Waals surface area contributed by atoms with Crippen molar-refractivity contribution in [2.45, 2.75) is 39.7 Å². The highest BCUT2D eigenvalue weighted by Crippen LogP contribution is 2.41. The van der Waals surface area contributed by atoms with Crippen LogP contribution in [0.3, 0.4) is 0 Å². The Labute approximate surface area is 237 Å². The molecule has 2 atom stereocenters. The average molecular weight is 566 g/mol. The molecular weight excluding hydrogens is 537 g/mol. The number of nitrogens with one attached hydrogen (secondary N) is 1. The van der Waals surface area contributed by atoms with Gasteiger partial charge in [0.15, 0.2) is 11.8 Å². The zero-order chi connectivity index (χ0) is 28.2. The summed E-state index contributed by atoms with van der Waals surface area (Å²) in [6.45, 7) is 5.66. The van der Waals surface area contributed by atoms with Crippen LogP contribution in [0.1, 0.15) is 42.3 Å². The molecule has 0 bridgehead atoms. The monoisotopic (exact) mass is 565 g/mol. The minimum absolute atomic E-state index is 0.113. The Morgan fingerprint density at radius 3 is 2.28 bits per heavy atom. The topological polar surface area (TPSA) is 97.7 Å². The highest BCUT2D eigenvalue weighted by molar-refractivity contribution is 6.40. The number of pyridine rings is 1. The number of Topliss-reactive ketones (excluding diaryl/α,β-unsaturated/α-hetero) is 1. The molecule has 9 heteroatoms. The zero-order valence-electron chi connectivity index (χ0n) is 21.9. The molecule has 1 unspecified atom stereocenters. The van der Waals surface area contributed by atoms with Crippen LogP contribution in [-0.4, -0.2) is 41.0 Å². The summed E-state index contributed by atoms with van der Waals surface area (Å²) in [5, 5.41) is 3.06. The van der Waals surface area contributed by atoms with Crippen LogP contribution in [0.4, 0.5) is 5.69 Å². The van der Waals surface area contributed by atoms with Crippen molar-refractivity contribution >= 4 is 52.3 Å². The minimum Gasteiger partial charge on any atom is -0.464 e. The SMILES string of the molecule is CCOC(=O)[C@H](Cc1ccc(NC(=O)c2c(Cl)cncc2Cl)cc1)N=C1C(Cc2ccccc2)C(=O)C1(C)C. The number of hydrogen-bond donors (Lipinski definition) is 1. The molecule has 3 aromatic rings. The van der Waals surface area contributed by atoms with Gasteiger partial charge in [-0.3, -0.25) is 19.6 Å². The Kier molecular flexibility index (Phi) is 8.83. The summed E-state index contributed by atoms with van der Waals surface area (Å²) >= 11 is 12.2. The van der Waals surface area contributed by atoms with E-state index in [-0.39, 0.29) is 40.3 Å². The van der Waals surface area contributed by atoms with Crippen molar-refractivity contribution in [3.8, 4) is 0 Å². The number of carbonyl (C=O) groups is 3. The van der Waals surface area contributed by atoms with E-state index in [1.165, 1.54) is 12.4 Å². The van der Waals surface area contributed by atoms with Crippen molar-refractivity contribution in [1.82, 2.24) is 4.98 Å². The lowest BCUT2D eigenvalue weighted by Crippen LogP contribution is -2.56. The van der Waals surface area contributed by atoms with Crippen molar-refractivity contribution in [3.63, 3.8) is 0 Å². The highest BCUT2D eigenvalue weighted by atomic mass is 35.5. The maximum absolute atomic E-state index is 13.0. The number of anilines is 1. The number of halogens is 2. The molecule has 1 aliphatic rings. The average Bonchev–Trinajstić information content (AvgIpc) is 2.91. The molecule has 1 fully saturated rings. The number of hydrogen-bond acceptors (Lipinski definition) is 6. The number of ether oxygens (including phenoxy) is 1. The van der Waals surface area contributed by atoms with Gasteiger partial charge in [0.25, 0.3) is 5.91 Å². The number of rotatable bonds is 9. The molecular formula is C30H29Cl2N3O4. The van der Waals surface area contributed by atoms with Crippen LogP contribution in [-0.2, 0) is 27.2 Å². The third-order valence-electron chi connectivity index (χ3n) is 6.76. The maximum Gasteiger partial charge on any atom is 0.331 e. The van der Waals surface area contributed by atoms with E-state index < -0.39 is 23.3 Å². The van der Waals surface area contributed by atoms with E-state index >= 15 is 0 Å². The Hall–Kier alpha value is -3.55.